The predicted octanol–water partition coefficient (Wildman–Crippen LogP) is 5.17. The van der Waals surface area contributed by atoms with Crippen molar-refractivity contribution in [1.29, 1.82) is 0 Å². The van der Waals surface area contributed by atoms with Gasteiger partial charge in [-0.3, -0.25) is 9.36 Å². The molecule has 6 heteroatoms. The molecule has 1 aromatic carbocycles. The first-order valence-electron chi connectivity index (χ1n) is 9.44. The zero-order valence-corrected chi connectivity index (χ0v) is 17.5. The summed E-state index contributed by atoms with van der Waals surface area (Å²) in [6.07, 6.45) is 1.98. The first-order chi connectivity index (χ1) is 13.0. The zero-order chi connectivity index (χ0) is 19.1. The molecule has 0 amide bonds. The molecule has 1 saturated heterocycles. The van der Waals surface area contributed by atoms with Crippen LogP contribution in [0.5, 0.6) is 0 Å². The van der Waals surface area contributed by atoms with Gasteiger partial charge in [-0.1, -0.05) is 37.6 Å². The highest BCUT2D eigenvalue weighted by atomic mass is 35.5. The van der Waals surface area contributed by atoms with Crippen molar-refractivity contribution in [1.82, 2.24) is 14.5 Å². The van der Waals surface area contributed by atoms with Crippen LogP contribution in [0.3, 0.4) is 0 Å². The average Bonchev–Trinajstić information content (AvgIpc) is 3.07. The van der Waals surface area contributed by atoms with Gasteiger partial charge in [-0.25, -0.2) is 4.98 Å². The lowest BCUT2D eigenvalue weighted by molar-refractivity contribution is 0.215. The molecule has 0 bridgehead atoms. The molecule has 0 N–H and O–H groups in total. The summed E-state index contributed by atoms with van der Waals surface area (Å²) in [5.74, 6) is 1.12. The lowest BCUT2D eigenvalue weighted by Gasteiger charge is -2.32. The van der Waals surface area contributed by atoms with Gasteiger partial charge in [0.1, 0.15) is 10.7 Å². The third-order valence-corrected chi connectivity index (χ3v) is 6.52. The van der Waals surface area contributed by atoms with E-state index in [0.717, 1.165) is 53.1 Å². The second kappa shape index (κ2) is 7.38. The van der Waals surface area contributed by atoms with Crippen molar-refractivity contribution in [2.45, 2.75) is 38.6 Å². The van der Waals surface area contributed by atoms with Crippen LogP contribution in [0, 0.1) is 0 Å². The minimum absolute atomic E-state index is 0.101. The van der Waals surface area contributed by atoms with E-state index in [2.05, 4.69) is 25.8 Å². The average molecular weight is 402 g/mol. The Labute approximate surface area is 168 Å². The van der Waals surface area contributed by atoms with Gasteiger partial charge in [-0.2, -0.15) is 0 Å². The maximum Gasteiger partial charge on any atom is 0.263 e. The molecule has 1 fully saturated rings. The minimum Gasteiger partial charge on any atom is -0.306 e. The van der Waals surface area contributed by atoms with Crippen LogP contribution < -0.4 is 5.56 Å². The molecule has 142 valence electrons. The normalized spacial score (nSPS) is 16.5. The number of fused-ring (bicyclic) bond motifs is 1. The van der Waals surface area contributed by atoms with E-state index in [1.54, 1.807) is 11.3 Å². The van der Waals surface area contributed by atoms with Gasteiger partial charge < -0.3 is 4.90 Å². The van der Waals surface area contributed by atoms with Crippen LogP contribution >= 0.6 is 22.9 Å². The second-order valence-corrected chi connectivity index (χ2v) is 8.97. The van der Waals surface area contributed by atoms with Crippen LogP contribution in [0.1, 0.15) is 44.5 Å². The molecule has 1 aliphatic rings. The number of thiophene rings is 1. The van der Waals surface area contributed by atoms with E-state index in [-0.39, 0.29) is 17.5 Å². The highest BCUT2D eigenvalue weighted by Gasteiger charge is 2.26. The molecular weight excluding hydrogens is 378 g/mol. The Bertz CT molecular complexity index is 1010. The van der Waals surface area contributed by atoms with Gasteiger partial charge in [0.05, 0.1) is 5.39 Å². The first kappa shape index (κ1) is 18.7. The van der Waals surface area contributed by atoms with Crippen LogP contribution in [0.4, 0.5) is 0 Å². The predicted molar refractivity (Wildman–Crippen MR) is 114 cm³/mol. The summed E-state index contributed by atoms with van der Waals surface area (Å²) < 4.78 is 1.99. The molecule has 0 aliphatic carbocycles. The number of aromatic nitrogens is 2. The summed E-state index contributed by atoms with van der Waals surface area (Å²) in [6, 6.07) is 7.90. The van der Waals surface area contributed by atoms with Crippen molar-refractivity contribution in [2.75, 3.05) is 20.1 Å². The lowest BCUT2D eigenvalue weighted by atomic mass is 10.0. The number of piperidine rings is 1. The molecule has 0 atom stereocenters. The molecule has 0 unspecified atom stereocenters. The number of hydrogen-bond donors (Lipinski definition) is 0. The number of benzene rings is 1. The molecule has 27 heavy (non-hydrogen) atoms. The van der Waals surface area contributed by atoms with Gasteiger partial charge in [0.2, 0.25) is 0 Å². The smallest absolute Gasteiger partial charge is 0.263 e. The number of likely N-dealkylation sites (tertiary alicyclic amines) is 1. The van der Waals surface area contributed by atoms with E-state index < -0.39 is 0 Å². The fourth-order valence-corrected chi connectivity index (χ4v) is 4.95. The Morgan fingerprint density at radius 1 is 1.19 bits per heavy atom. The van der Waals surface area contributed by atoms with Crippen molar-refractivity contribution in [3.8, 4) is 11.1 Å². The number of nitrogens with zero attached hydrogens (tertiary/aromatic N) is 3. The summed E-state index contributed by atoms with van der Waals surface area (Å²) in [4.78, 5) is 21.7. The third-order valence-electron chi connectivity index (χ3n) is 5.39. The minimum atomic E-state index is 0.101. The molecule has 4 nitrogen and oxygen atoms in total. The van der Waals surface area contributed by atoms with Gasteiger partial charge in [0, 0.05) is 27.9 Å². The van der Waals surface area contributed by atoms with Crippen LogP contribution in [0.25, 0.3) is 21.3 Å². The van der Waals surface area contributed by atoms with Gasteiger partial charge >= 0.3 is 0 Å². The molecule has 0 spiro atoms. The van der Waals surface area contributed by atoms with E-state index in [9.17, 15) is 4.79 Å². The monoisotopic (exact) mass is 401 g/mol. The van der Waals surface area contributed by atoms with E-state index in [1.165, 1.54) is 0 Å². The molecule has 2 aromatic heterocycles. The summed E-state index contributed by atoms with van der Waals surface area (Å²) >= 11 is 7.59. The van der Waals surface area contributed by atoms with Crippen molar-refractivity contribution >= 4 is 33.2 Å². The Balaban J connectivity index is 1.91. The SMILES string of the molecule is CC(C)c1nc2scc(-c3ccc(Cl)cc3)c2c(=O)n1C1CCN(C)CC1. The van der Waals surface area contributed by atoms with E-state index >= 15 is 0 Å². The van der Waals surface area contributed by atoms with Crippen LogP contribution in [-0.4, -0.2) is 34.6 Å². The van der Waals surface area contributed by atoms with Crippen LogP contribution in [0.15, 0.2) is 34.4 Å². The number of hydrogen-bond acceptors (Lipinski definition) is 4. The summed E-state index contributed by atoms with van der Waals surface area (Å²) in [7, 11) is 2.14. The third kappa shape index (κ3) is 3.44. The molecule has 1 aliphatic heterocycles. The molecule has 3 aromatic rings. The molecule has 0 radical (unpaired) electrons. The summed E-state index contributed by atoms with van der Waals surface area (Å²) in [6.45, 7) is 6.26. The Morgan fingerprint density at radius 2 is 1.85 bits per heavy atom. The van der Waals surface area contributed by atoms with Gasteiger partial charge in [0.15, 0.2) is 0 Å². The van der Waals surface area contributed by atoms with Crippen LogP contribution in [0.2, 0.25) is 5.02 Å². The number of rotatable bonds is 3. The second-order valence-electron chi connectivity index (χ2n) is 7.67. The van der Waals surface area contributed by atoms with Crippen molar-refractivity contribution in [3.63, 3.8) is 0 Å². The highest BCUT2D eigenvalue weighted by molar-refractivity contribution is 7.17. The fourth-order valence-electron chi connectivity index (χ4n) is 3.87. The fraction of sp³-hybridized carbons (Fsp3) is 0.429. The summed E-state index contributed by atoms with van der Waals surface area (Å²) in [5.41, 5.74) is 2.07. The Kier molecular flexibility index (Phi) is 5.10. The van der Waals surface area contributed by atoms with Crippen molar-refractivity contribution in [2.24, 2.45) is 0 Å². The first-order valence-corrected chi connectivity index (χ1v) is 10.7. The van der Waals surface area contributed by atoms with Crippen molar-refractivity contribution < 1.29 is 0 Å². The molecular formula is C21H24ClN3OS. The van der Waals surface area contributed by atoms with Crippen molar-refractivity contribution in [3.05, 3.63) is 50.8 Å². The molecule has 0 saturated carbocycles. The standard InChI is InChI=1S/C21H24ClN3OS/c1-13(2)19-23-20-18(17(12-27-20)14-4-6-15(22)7-5-14)21(26)25(19)16-8-10-24(3)11-9-16/h4-7,12-13,16H,8-11H2,1-3H3. The molecule has 3 heterocycles. The maximum atomic E-state index is 13.6. The Hall–Kier alpha value is -1.69. The largest absolute Gasteiger partial charge is 0.306 e. The van der Waals surface area contributed by atoms with Crippen LogP contribution in [-0.2, 0) is 0 Å². The Morgan fingerprint density at radius 3 is 2.48 bits per heavy atom. The molecule has 4 rings (SSSR count). The van der Waals surface area contributed by atoms with Gasteiger partial charge in [-0.05, 0) is 50.7 Å². The lowest BCUT2D eigenvalue weighted by Crippen LogP contribution is -2.37. The maximum absolute atomic E-state index is 13.6. The zero-order valence-electron chi connectivity index (χ0n) is 15.9. The summed E-state index contributed by atoms with van der Waals surface area (Å²) in [5, 5.41) is 3.48. The highest BCUT2D eigenvalue weighted by Crippen LogP contribution is 2.34. The van der Waals surface area contributed by atoms with Gasteiger partial charge in [0.25, 0.3) is 5.56 Å². The number of halogens is 1. The van der Waals surface area contributed by atoms with Gasteiger partial charge in [-0.15, -0.1) is 11.3 Å². The van der Waals surface area contributed by atoms with E-state index in [1.807, 2.05) is 34.2 Å². The quantitative estimate of drug-likeness (QED) is 0.607. The van der Waals surface area contributed by atoms with E-state index in [0.29, 0.717) is 5.02 Å². The topological polar surface area (TPSA) is 38.1 Å². The van der Waals surface area contributed by atoms with E-state index in [4.69, 9.17) is 16.6 Å².